The highest BCUT2D eigenvalue weighted by Crippen LogP contribution is 3.00. The molecule has 0 spiro atoms. The van der Waals surface area contributed by atoms with Crippen molar-refractivity contribution in [1.82, 2.24) is 0 Å². The van der Waals surface area contributed by atoms with Gasteiger partial charge in [0.1, 0.15) is 5.25 Å². The minimum absolute atomic E-state index is 0.0297. The van der Waals surface area contributed by atoms with Crippen LogP contribution in [0.4, 0.5) is 19.4 Å². The highest BCUT2D eigenvalue weighted by molar-refractivity contribution is 8.46. The highest BCUT2D eigenvalue weighted by Gasteiger charge is 2.68. The molecular weight excluding hydrogens is 267 g/mol. The molecule has 0 N–H and O–H groups in total. The van der Waals surface area contributed by atoms with Crippen LogP contribution in [-0.2, 0) is 9.53 Å². The lowest BCUT2D eigenvalue weighted by atomic mass is 10.2. The van der Waals surface area contributed by atoms with Gasteiger partial charge in [-0.25, -0.2) is 4.79 Å². The lowest BCUT2D eigenvalue weighted by Crippen LogP contribution is -2.23. The van der Waals surface area contributed by atoms with E-state index in [9.17, 15) is 24.2 Å². The number of hydrogen-bond acceptors (Lipinski definition) is 2. The molecule has 0 radical (unpaired) electrons. The second-order valence-electron chi connectivity index (χ2n) is 3.47. The van der Waals surface area contributed by atoms with Gasteiger partial charge in [-0.1, -0.05) is 38.8 Å². The van der Waals surface area contributed by atoms with Crippen molar-refractivity contribution in [3.05, 3.63) is 12.2 Å². The van der Waals surface area contributed by atoms with Crippen LogP contribution in [0.25, 0.3) is 0 Å². The topological polar surface area (TPSA) is 26.3 Å². The van der Waals surface area contributed by atoms with Crippen molar-refractivity contribution in [2.24, 2.45) is 0 Å². The molecule has 1 unspecified atom stereocenters. The summed E-state index contributed by atoms with van der Waals surface area (Å²) in [6, 6.07) is 0. The first-order valence-corrected chi connectivity index (χ1v) is 7.00. The molecule has 0 saturated carbocycles. The molecule has 104 valence electrons. The van der Waals surface area contributed by atoms with E-state index in [4.69, 9.17) is 0 Å². The number of esters is 1. The second kappa shape index (κ2) is 4.47. The Morgan fingerprint density at radius 2 is 1.76 bits per heavy atom. The average Bonchev–Trinajstić information content (AvgIpc) is 2.08. The summed E-state index contributed by atoms with van der Waals surface area (Å²) < 4.78 is 66.8. The number of halogens is 5. The maximum absolute atomic E-state index is 12.5. The number of carbonyl (C=O) groups excluding carboxylic acids is 1. The first-order chi connectivity index (χ1) is 7.40. The quantitative estimate of drug-likeness (QED) is 0.405. The van der Waals surface area contributed by atoms with Gasteiger partial charge in [0.15, 0.2) is 0 Å². The second-order valence-corrected chi connectivity index (χ2v) is 6.13. The molecule has 0 amide bonds. The molecule has 1 atom stereocenters. The van der Waals surface area contributed by atoms with Crippen LogP contribution in [0.3, 0.4) is 0 Å². The van der Waals surface area contributed by atoms with E-state index in [1.54, 1.807) is 0 Å². The van der Waals surface area contributed by atoms with E-state index in [1.807, 2.05) is 0 Å². The van der Waals surface area contributed by atoms with E-state index in [0.29, 0.717) is 6.08 Å². The van der Waals surface area contributed by atoms with Crippen LogP contribution >= 0.6 is 10.2 Å². The zero-order valence-electron chi connectivity index (χ0n) is 9.47. The van der Waals surface area contributed by atoms with Gasteiger partial charge in [-0.05, 0) is 13.3 Å². The smallest absolute Gasteiger partial charge is 0.330 e. The molecule has 0 aliphatic heterocycles. The van der Waals surface area contributed by atoms with Crippen LogP contribution in [0.15, 0.2) is 12.2 Å². The summed E-state index contributed by atoms with van der Waals surface area (Å²) in [5.74, 6) is -1.06. The normalized spacial score (nSPS) is 18.5. The maximum atomic E-state index is 12.5. The van der Waals surface area contributed by atoms with Crippen LogP contribution < -0.4 is 0 Å². The zero-order chi connectivity index (χ0) is 13.8. The molecule has 0 aliphatic rings. The van der Waals surface area contributed by atoms with Gasteiger partial charge in [0, 0.05) is 6.08 Å². The predicted octanol–water partition coefficient (Wildman–Crippen LogP) is 4.57. The Morgan fingerprint density at radius 3 is 2.12 bits per heavy atom. The fourth-order valence-corrected chi connectivity index (χ4v) is 2.18. The van der Waals surface area contributed by atoms with Crippen molar-refractivity contribution >= 4 is 16.2 Å². The van der Waals surface area contributed by atoms with Crippen molar-refractivity contribution in [3.63, 3.8) is 0 Å². The third-order valence-corrected chi connectivity index (χ3v) is 3.42. The molecule has 0 aromatic heterocycles. The lowest BCUT2D eigenvalue weighted by molar-refractivity contribution is -0.137. The SMILES string of the molecule is CCCC(/C=C/C(=O)OCC)S(F)(F)(F)(F)F. The molecular formula is C9H15F5O2S. The molecule has 0 saturated heterocycles. The Kier molecular flexibility index (Phi) is 4.26. The lowest BCUT2D eigenvalue weighted by Gasteiger charge is -2.46. The van der Waals surface area contributed by atoms with Crippen molar-refractivity contribution in [3.8, 4) is 0 Å². The Hall–Kier alpha value is -0.790. The average molecular weight is 282 g/mol. The molecule has 0 aromatic carbocycles. The van der Waals surface area contributed by atoms with E-state index in [-0.39, 0.29) is 19.1 Å². The fourth-order valence-electron chi connectivity index (χ4n) is 1.13. The molecule has 0 aliphatic carbocycles. The van der Waals surface area contributed by atoms with Crippen LogP contribution in [0.2, 0.25) is 0 Å². The van der Waals surface area contributed by atoms with Crippen molar-refractivity contribution in [1.29, 1.82) is 0 Å². The van der Waals surface area contributed by atoms with E-state index >= 15 is 0 Å². The van der Waals surface area contributed by atoms with Gasteiger partial charge < -0.3 is 4.74 Å². The minimum Gasteiger partial charge on any atom is -0.463 e. The zero-order valence-corrected chi connectivity index (χ0v) is 10.3. The maximum Gasteiger partial charge on any atom is 0.330 e. The summed E-state index contributed by atoms with van der Waals surface area (Å²) in [4.78, 5) is 10.8. The van der Waals surface area contributed by atoms with Gasteiger partial charge in [-0.15, -0.1) is 0 Å². The summed E-state index contributed by atoms with van der Waals surface area (Å²) in [6.07, 6.45) is -0.234. The summed E-state index contributed by atoms with van der Waals surface area (Å²) in [5, 5.41) is -2.88. The van der Waals surface area contributed by atoms with Gasteiger partial charge in [-0.2, -0.15) is 0 Å². The standard InChI is InChI=1S/C9H15F5O2S/c1-3-5-8(17(10,11,12,13)14)6-7-9(15)16-4-2/h6-8H,3-5H2,1-2H3/b7-6+. The summed E-state index contributed by atoms with van der Waals surface area (Å²) in [7, 11) is -9.60. The van der Waals surface area contributed by atoms with Crippen molar-refractivity contribution < 1.29 is 29.0 Å². The molecule has 0 bridgehead atoms. The number of ether oxygens (including phenoxy) is 1. The van der Waals surface area contributed by atoms with Crippen molar-refractivity contribution in [2.75, 3.05) is 6.61 Å². The first kappa shape index (κ1) is 16.2. The molecule has 17 heavy (non-hydrogen) atoms. The predicted molar refractivity (Wildman–Crippen MR) is 57.6 cm³/mol. The summed E-state index contributed by atoms with van der Waals surface area (Å²) in [5.41, 5.74) is 0. The molecule has 0 heterocycles. The first-order valence-electron chi connectivity index (χ1n) is 4.98. The van der Waals surface area contributed by atoms with Crippen molar-refractivity contribution in [2.45, 2.75) is 31.9 Å². The Balaban J connectivity index is 4.98. The Morgan fingerprint density at radius 1 is 1.24 bits per heavy atom. The van der Waals surface area contributed by atoms with Crippen LogP contribution in [0.5, 0.6) is 0 Å². The minimum atomic E-state index is -9.60. The van der Waals surface area contributed by atoms with Gasteiger partial charge in [-0.3, -0.25) is 0 Å². The largest absolute Gasteiger partial charge is 0.463 e. The Labute approximate surface area is 96.5 Å². The number of carbonyl (C=O) groups is 1. The van der Waals surface area contributed by atoms with Gasteiger partial charge >= 0.3 is 5.97 Å². The molecule has 0 rings (SSSR count). The highest BCUT2D eigenvalue weighted by atomic mass is 32.5. The molecule has 0 fully saturated rings. The summed E-state index contributed by atoms with van der Waals surface area (Å²) in [6.45, 7) is 2.78. The van der Waals surface area contributed by atoms with E-state index in [1.165, 1.54) is 13.8 Å². The van der Waals surface area contributed by atoms with E-state index in [2.05, 4.69) is 4.74 Å². The third-order valence-electron chi connectivity index (χ3n) is 1.88. The molecule has 8 heteroatoms. The fraction of sp³-hybridized carbons (Fsp3) is 0.667. The van der Waals surface area contributed by atoms with E-state index in [0.717, 1.165) is 0 Å². The third kappa shape index (κ3) is 6.50. The van der Waals surface area contributed by atoms with Gasteiger partial charge in [0.05, 0.1) is 6.61 Å². The Bertz CT molecular complexity index is 307. The van der Waals surface area contributed by atoms with Gasteiger partial charge in [0.25, 0.3) is 10.2 Å². The van der Waals surface area contributed by atoms with Crippen LogP contribution in [-0.4, -0.2) is 17.8 Å². The van der Waals surface area contributed by atoms with Crippen LogP contribution in [0.1, 0.15) is 26.7 Å². The number of rotatable bonds is 6. The molecule has 2 nitrogen and oxygen atoms in total. The number of hydrogen-bond donors (Lipinski definition) is 0. The molecule has 0 aromatic rings. The monoisotopic (exact) mass is 282 g/mol. The van der Waals surface area contributed by atoms with Gasteiger partial charge in [0.2, 0.25) is 0 Å². The van der Waals surface area contributed by atoms with E-state index < -0.39 is 27.9 Å². The van der Waals surface area contributed by atoms with Crippen LogP contribution in [0, 0.1) is 0 Å². The summed E-state index contributed by atoms with van der Waals surface area (Å²) >= 11 is 0.